The highest BCUT2D eigenvalue weighted by molar-refractivity contribution is 6.30. The molecule has 2 aliphatic heterocycles. The van der Waals surface area contributed by atoms with E-state index in [2.05, 4.69) is 14.9 Å². The Morgan fingerprint density at radius 3 is 2.76 bits per heavy atom. The van der Waals surface area contributed by atoms with E-state index >= 15 is 0 Å². The molecule has 178 valence electrons. The molecule has 0 bridgehead atoms. The van der Waals surface area contributed by atoms with Crippen molar-refractivity contribution in [3.05, 3.63) is 94.2 Å². The van der Waals surface area contributed by atoms with Crippen LogP contribution in [0.3, 0.4) is 0 Å². The molecule has 4 rings (SSSR count). The number of nitrogens with zero attached hydrogens (tertiary/aromatic N) is 4. The molecule has 0 spiro atoms. The molecule has 0 amide bonds. The molecular weight excluding hydrogens is 455 g/mol. The first kappa shape index (κ1) is 24.0. The SMILES string of the molecule is CC1=CC(OCc2ncccc2F)=C(Cl)CN1c1cc(N2C=CC=C(C(C)(C)O)C2)ncc1C. The highest BCUT2D eigenvalue weighted by atomic mass is 35.5. The van der Waals surface area contributed by atoms with Crippen molar-refractivity contribution in [1.29, 1.82) is 0 Å². The van der Waals surface area contributed by atoms with Gasteiger partial charge in [0.05, 0.1) is 17.2 Å². The quantitative estimate of drug-likeness (QED) is 0.599. The largest absolute Gasteiger partial charge is 0.486 e. The van der Waals surface area contributed by atoms with Crippen LogP contribution in [0.5, 0.6) is 0 Å². The monoisotopic (exact) mass is 482 g/mol. The van der Waals surface area contributed by atoms with Gasteiger partial charge in [0, 0.05) is 48.7 Å². The van der Waals surface area contributed by atoms with E-state index in [0.29, 0.717) is 23.9 Å². The van der Waals surface area contributed by atoms with Crippen molar-refractivity contribution >= 4 is 23.1 Å². The molecule has 2 aromatic rings. The van der Waals surface area contributed by atoms with E-state index in [0.717, 1.165) is 28.3 Å². The third-order valence-corrected chi connectivity index (χ3v) is 6.17. The maximum absolute atomic E-state index is 13.9. The number of pyridine rings is 2. The molecule has 0 radical (unpaired) electrons. The van der Waals surface area contributed by atoms with Gasteiger partial charge in [-0.25, -0.2) is 9.37 Å². The van der Waals surface area contributed by atoms with Gasteiger partial charge in [-0.3, -0.25) is 4.98 Å². The van der Waals surface area contributed by atoms with Crippen molar-refractivity contribution in [2.45, 2.75) is 39.9 Å². The summed E-state index contributed by atoms with van der Waals surface area (Å²) in [7, 11) is 0. The Morgan fingerprint density at radius 2 is 2.03 bits per heavy atom. The molecular formula is C26H28ClFN4O2. The minimum absolute atomic E-state index is 0.00120. The number of aryl methyl sites for hydroxylation is 1. The van der Waals surface area contributed by atoms with Crippen LogP contribution in [0.2, 0.25) is 0 Å². The van der Waals surface area contributed by atoms with Gasteiger partial charge in [-0.2, -0.15) is 0 Å². The molecule has 0 saturated carbocycles. The number of aromatic nitrogens is 2. The second-order valence-electron chi connectivity index (χ2n) is 8.91. The number of anilines is 2. The summed E-state index contributed by atoms with van der Waals surface area (Å²) in [6, 6.07) is 4.91. The number of aliphatic hydroxyl groups is 1. The molecule has 2 aliphatic rings. The second-order valence-corrected chi connectivity index (χ2v) is 9.37. The fraction of sp³-hybridized carbons (Fsp3) is 0.308. The highest BCUT2D eigenvalue weighted by Gasteiger charge is 2.25. The minimum atomic E-state index is -0.907. The molecule has 0 saturated heterocycles. The molecule has 4 heterocycles. The lowest BCUT2D eigenvalue weighted by molar-refractivity contribution is 0.118. The number of allylic oxidation sites excluding steroid dienone is 4. The minimum Gasteiger partial charge on any atom is -0.486 e. The van der Waals surface area contributed by atoms with Crippen LogP contribution in [0.1, 0.15) is 32.0 Å². The first-order chi connectivity index (χ1) is 16.1. The molecule has 6 nitrogen and oxygen atoms in total. The molecule has 1 N–H and O–H groups in total. The van der Waals surface area contributed by atoms with Gasteiger partial charge in [-0.1, -0.05) is 17.7 Å². The van der Waals surface area contributed by atoms with Crippen molar-refractivity contribution in [2.24, 2.45) is 0 Å². The van der Waals surface area contributed by atoms with Crippen LogP contribution in [-0.4, -0.2) is 33.8 Å². The number of hydrogen-bond acceptors (Lipinski definition) is 6. The number of halogens is 2. The van der Waals surface area contributed by atoms with Crippen LogP contribution in [0.4, 0.5) is 15.9 Å². The molecule has 8 heteroatoms. The number of rotatable bonds is 6. The normalized spacial score (nSPS) is 16.6. The predicted molar refractivity (Wildman–Crippen MR) is 133 cm³/mol. The predicted octanol–water partition coefficient (Wildman–Crippen LogP) is 5.35. The summed E-state index contributed by atoms with van der Waals surface area (Å²) in [6.07, 6.45) is 11.0. The number of hydrogen-bond donors (Lipinski definition) is 1. The zero-order chi connectivity index (χ0) is 24.5. The summed E-state index contributed by atoms with van der Waals surface area (Å²) in [5, 5.41) is 10.9. The van der Waals surface area contributed by atoms with Crippen LogP contribution in [-0.2, 0) is 11.3 Å². The smallest absolute Gasteiger partial charge is 0.148 e. The van der Waals surface area contributed by atoms with Crippen LogP contribution < -0.4 is 9.80 Å². The highest BCUT2D eigenvalue weighted by Crippen LogP contribution is 2.34. The summed E-state index contributed by atoms with van der Waals surface area (Å²) >= 11 is 6.59. The van der Waals surface area contributed by atoms with E-state index in [9.17, 15) is 9.50 Å². The first-order valence-corrected chi connectivity index (χ1v) is 11.4. The van der Waals surface area contributed by atoms with Crippen molar-refractivity contribution < 1.29 is 14.2 Å². The first-order valence-electron chi connectivity index (χ1n) is 11.0. The van der Waals surface area contributed by atoms with Crippen molar-refractivity contribution in [1.82, 2.24) is 9.97 Å². The van der Waals surface area contributed by atoms with Gasteiger partial charge < -0.3 is 19.6 Å². The lowest BCUT2D eigenvalue weighted by Crippen LogP contribution is -2.33. The topological polar surface area (TPSA) is 61.7 Å². The molecule has 0 atom stereocenters. The van der Waals surface area contributed by atoms with Crippen LogP contribution in [0, 0.1) is 12.7 Å². The Balaban J connectivity index is 1.53. The Kier molecular flexibility index (Phi) is 6.77. The Bertz CT molecular complexity index is 1210. The summed E-state index contributed by atoms with van der Waals surface area (Å²) in [4.78, 5) is 12.7. The summed E-state index contributed by atoms with van der Waals surface area (Å²) in [5.41, 5.74) is 3.14. The summed E-state index contributed by atoms with van der Waals surface area (Å²) < 4.78 is 19.7. The van der Waals surface area contributed by atoms with Crippen LogP contribution in [0.15, 0.2) is 77.1 Å². The van der Waals surface area contributed by atoms with E-state index in [1.807, 2.05) is 55.4 Å². The molecule has 0 fully saturated rings. The Labute approximate surface area is 204 Å². The van der Waals surface area contributed by atoms with Gasteiger partial charge in [-0.05, 0) is 57.0 Å². The standard InChI is InChI=1S/C26H28ClFN4O2/c1-17-13-30-25(31-10-6-7-19(14-31)26(3,4)33)12-23(17)32-15-20(27)24(11-18(32)2)34-16-22-21(28)8-5-9-29-22/h5-13,33H,14-16H2,1-4H3. The second kappa shape index (κ2) is 9.60. The third-order valence-electron chi connectivity index (χ3n) is 5.86. The van der Waals surface area contributed by atoms with Gasteiger partial charge in [0.2, 0.25) is 0 Å². The van der Waals surface area contributed by atoms with E-state index in [1.165, 1.54) is 12.3 Å². The van der Waals surface area contributed by atoms with E-state index < -0.39 is 11.4 Å². The fourth-order valence-electron chi connectivity index (χ4n) is 3.81. The van der Waals surface area contributed by atoms with E-state index in [1.54, 1.807) is 19.9 Å². The van der Waals surface area contributed by atoms with E-state index in [4.69, 9.17) is 16.3 Å². The number of ether oxygens (including phenoxy) is 1. The van der Waals surface area contributed by atoms with Gasteiger partial charge in [0.15, 0.2) is 0 Å². The molecule has 0 unspecified atom stereocenters. The Morgan fingerprint density at radius 1 is 1.24 bits per heavy atom. The van der Waals surface area contributed by atoms with Gasteiger partial charge in [0.25, 0.3) is 0 Å². The molecule has 0 aromatic carbocycles. The van der Waals surface area contributed by atoms with Gasteiger partial charge in [0.1, 0.15) is 29.7 Å². The summed E-state index contributed by atoms with van der Waals surface area (Å²) in [5.74, 6) is 0.866. The third kappa shape index (κ3) is 5.16. The van der Waals surface area contributed by atoms with Crippen LogP contribution in [0.25, 0.3) is 0 Å². The van der Waals surface area contributed by atoms with Gasteiger partial charge >= 0.3 is 0 Å². The fourth-order valence-corrected chi connectivity index (χ4v) is 4.04. The maximum Gasteiger partial charge on any atom is 0.148 e. The van der Waals surface area contributed by atoms with Crippen molar-refractivity contribution in [3.8, 4) is 0 Å². The molecule has 0 aliphatic carbocycles. The van der Waals surface area contributed by atoms with E-state index in [-0.39, 0.29) is 12.3 Å². The van der Waals surface area contributed by atoms with Crippen LogP contribution >= 0.6 is 11.6 Å². The summed E-state index contributed by atoms with van der Waals surface area (Å²) in [6.45, 7) is 8.50. The lowest BCUT2D eigenvalue weighted by atomic mass is 9.96. The van der Waals surface area contributed by atoms with Gasteiger partial charge in [-0.15, -0.1) is 0 Å². The molecule has 2 aromatic heterocycles. The average Bonchev–Trinajstić information content (AvgIpc) is 2.80. The van der Waals surface area contributed by atoms with Crippen molar-refractivity contribution in [3.63, 3.8) is 0 Å². The Hall–Kier alpha value is -3.16. The lowest BCUT2D eigenvalue weighted by Gasteiger charge is -2.33. The maximum atomic E-state index is 13.9. The van der Waals surface area contributed by atoms with Crippen molar-refractivity contribution in [2.75, 3.05) is 22.9 Å². The molecule has 34 heavy (non-hydrogen) atoms. The average molecular weight is 483 g/mol. The zero-order valence-corrected chi connectivity index (χ0v) is 20.5. The zero-order valence-electron chi connectivity index (χ0n) is 19.7.